The van der Waals surface area contributed by atoms with E-state index < -0.39 is 29.9 Å². The van der Waals surface area contributed by atoms with Crippen molar-refractivity contribution in [1.82, 2.24) is 20.9 Å². The maximum Gasteiger partial charge on any atom is 0.247 e. The SMILES string of the molecule is CC(C)=CC(=O)NCCCC(NC(=O)C1C(NC(=O)C=C(C)C)CCN1C(=O)C=C(C)C)C(N)=O. The van der Waals surface area contributed by atoms with Crippen LogP contribution in [0, 0.1) is 0 Å². The molecule has 0 aromatic rings. The Hall–Kier alpha value is -3.43. The van der Waals surface area contributed by atoms with Crippen molar-refractivity contribution in [2.45, 2.75) is 78.9 Å². The van der Waals surface area contributed by atoms with Crippen LogP contribution in [0.25, 0.3) is 0 Å². The Kier molecular flexibility index (Phi) is 11.9. The van der Waals surface area contributed by atoms with E-state index in [1.807, 2.05) is 13.8 Å². The second-order valence-electron chi connectivity index (χ2n) is 9.44. The molecule has 1 saturated heterocycles. The molecule has 0 bridgehead atoms. The molecule has 1 aliphatic heterocycles. The molecule has 1 rings (SSSR count). The van der Waals surface area contributed by atoms with Gasteiger partial charge in [0.15, 0.2) is 0 Å². The molecule has 1 fully saturated rings. The summed E-state index contributed by atoms with van der Waals surface area (Å²) in [4.78, 5) is 63.5. The number of allylic oxidation sites excluding steroid dienone is 3. The molecule has 0 saturated carbocycles. The van der Waals surface area contributed by atoms with Gasteiger partial charge in [-0.15, -0.1) is 0 Å². The van der Waals surface area contributed by atoms with Gasteiger partial charge in [-0.05, 0) is 60.8 Å². The number of hydrogen-bond acceptors (Lipinski definition) is 5. The molecule has 0 aromatic heterocycles. The molecule has 10 nitrogen and oxygen atoms in total. The minimum atomic E-state index is -0.994. The van der Waals surface area contributed by atoms with E-state index in [9.17, 15) is 24.0 Å². The van der Waals surface area contributed by atoms with Gasteiger partial charge in [0.05, 0.1) is 6.04 Å². The number of rotatable bonds is 11. The molecule has 3 unspecified atom stereocenters. The minimum Gasteiger partial charge on any atom is -0.368 e. The normalized spacial score (nSPS) is 17.5. The van der Waals surface area contributed by atoms with Crippen molar-refractivity contribution in [2.24, 2.45) is 5.73 Å². The quantitative estimate of drug-likeness (QED) is 0.250. The van der Waals surface area contributed by atoms with Gasteiger partial charge < -0.3 is 26.6 Å². The van der Waals surface area contributed by atoms with E-state index in [4.69, 9.17) is 5.73 Å². The van der Waals surface area contributed by atoms with Crippen LogP contribution >= 0.6 is 0 Å². The zero-order valence-electron chi connectivity index (χ0n) is 21.6. The third kappa shape index (κ3) is 10.6. The first-order chi connectivity index (χ1) is 16.3. The monoisotopic (exact) mass is 489 g/mol. The first kappa shape index (κ1) is 29.6. The molecular formula is C25H39N5O5. The number of nitrogens with two attached hydrogens (primary N) is 1. The summed E-state index contributed by atoms with van der Waals surface area (Å²) in [6.45, 7) is 11.3. The van der Waals surface area contributed by atoms with E-state index in [0.29, 0.717) is 19.4 Å². The highest BCUT2D eigenvalue weighted by Crippen LogP contribution is 2.20. The van der Waals surface area contributed by atoms with E-state index in [1.165, 1.54) is 23.1 Å². The molecule has 5 amide bonds. The predicted octanol–water partition coefficient (Wildman–Crippen LogP) is 0.837. The molecular weight excluding hydrogens is 450 g/mol. The van der Waals surface area contributed by atoms with Crippen LogP contribution in [0.5, 0.6) is 0 Å². The van der Waals surface area contributed by atoms with Gasteiger partial charge >= 0.3 is 0 Å². The van der Waals surface area contributed by atoms with Gasteiger partial charge in [0.2, 0.25) is 29.5 Å². The summed E-state index contributed by atoms with van der Waals surface area (Å²) in [5, 5.41) is 8.15. The molecule has 10 heteroatoms. The van der Waals surface area contributed by atoms with Crippen LogP contribution in [-0.4, -0.2) is 65.7 Å². The van der Waals surface area contributed by atoms with Gasteiger partial charge in [0.1, 0.15) is 12.1 Å². The van der Waals surface area contributed by atoms with Gasteiger partial charge in [-0.25, -0.2) is 0 Å². The predicted molar refractivity (Wildman–Crippen MR) is 134 cm³/mol. The first-order valence-corrected chi connectivity index (χ1v) is 11.7. The highest BCUT2D eigenvalue weighted by atomic mass is 16.2. The van der Waals surface area contributed by atoms with Crippen molar-refractivity contribution in [3.63, 3.8) is 0 Å². The van der Waals surface area contributed by atoms with E-state index >= 15 is 0 Å². The fraction of sp³-hybridized carbons (Fsp3) is 0.560. The Bertz CT molecular complexity index is 909. The van der Waals surface area contributed by atoms with Crippen LogP contribution in [0.3, 0.4) is 0 Å². The maximum atomic E-state index is 13.3. The number of nitrogens with zero attached hydrogens (tertiary/aromatic N) is 1. The first-order valence-electron chi connectivity index (χ1n) is 11.7. The molecule has 0 radical (unpaired) electrons. The fourth-order valence-electron chi connectivity index (χ4n) is 3.71. The van der Waals surface area contributed by atoms with Crippen LogP contribution in [0.1, 0.15) is 60.8 Å². The molecule has 1 heterocycles. The van der Waals surface area contributed by atoms with E-state index in [0.717, 1.165) is 16.7 Å². The summed E-state index contributed by atoms with van der Waals surface area (Å²) in [6.07, 6.45) is 5.32. The largest absolute Gasteiger partial charge is 0.368 e. The van der Waals surface area contributed by atoms with Gasteiger partial charge in [-0.2, -0.15) is 0 Å². The molecule has 5 N–H and O–H groups in total. The number of carbonyl (C=O) groups is 5. The number of primary amides is 1. The van der Waals surface area contributed by atoms with Crippen molar-refractivity contribution in [2.75, 3.05) is 13.1 Å². The summed E-state index contributed by atoms with van der Waals surface area (Å²) in [5.74, 6) is -2.24. The summed E-state index contributed by atoms with van der Waals surface area (Å²) in [6, 6.07) is -2.60. The van der Waals surface area contributed by atoms with E-state index in [2.05, 4.69) is 16.0 Å². The second-order valence-corrected chi connectivity index (χ2v) is 9.44. The molecule has 0 aliphatic carbocycles. The lowest BCUT2D eigenvalue weighted by Crippen LogP contribution is -2.57. The molecule has 3 atom stereocenters. The Labute approximate surface area is 207 Å². The topological polar surface area (TPSA) is 151 Å². The Balaban J connectivity index is 2.96. The van der Waals surface area contributed by atoms with E-state index in [1.54, 1.807) is 27.7 Å². The van der Waals surface area contributed by atoms with Crippen LogP contribution in [0.2, 0.25) is 0 Å². The van der Waals surface area contributed by atoms with Crippen molar-refractivity contribution in [3.05, 3.63) is 34.9 Å². The van der Waals surface area contributed by atoms with Crippen LogP contribution in [0.15, 0.2) is 34.9 Å². The zero-order chi connectivity index (χ0) is 26.7. The lowest BCUT2D eigenvalue weighted by atomic mass is 10.1. The van der Waals surface area contributed by atoms with Crippen LogP contribution in [-0.2, 0) is 24.0 Å². The number of amides is 5. The van der Waals surface area contributed by atoms with Crippen molar-refractivity contribution >= 4 is 29.5 Å². The van der Waals surface area contributed by atoms with Crippen LogP contribution < -0.4 is 21.7 Å². The summed E-state index contributed by atoms with van der Waals surface area (Å²) >= 11 is 0. The zero-order valence-corrected chi connectivity index (χ0v) is 21.6. The third-order valence-corrected chi connectivity index (χ3v) is 5.16. The van der Waals surface area contributed by atoms with Gasteiger partial charge in [0.25, 0.3) is 0 Å². The lowest BCUT2D eigenvalue weighted by Gasteiger charge is -2.28. The van der Waals surface area contributed by atoms with Crippen molar-refractivity contribution in [3.8, 4) is 0 Å². The van der Waals surface area contributed by atoms with Gasteiger partial charge in [-0.3, -0.25) is 24.0 Å². The summed E-state index contributed by atoms with van der Waals surface area (Å²) in [7, 11) is 0. The van der Waals surface area contributed by atoms with Crippen LogP contribution in [0.4, 0.5) is 0 Å². The molecule has 35 heavy (non-hydrogen) atoms. The number of carbonyl (C=O) groups excluding carboxylic acids is 5. The number of hydrogen-bond donors (Lipinski definition) is 4. The Morgan fingerprint density at radius 3 is 2.03 bits per heavy atom. The second kappa shape index (κ2) is 14.1. The molecule has 0 spiro atoms. The third-order valence-electron chi connectivity index (χ3n) is 5.16. The average Bonchev–Trinajstić information content (AvgIpc) is 3.11. The Morgan fingerprint density at radius 2 is 1.49 bits per heavy atom. The highest BCUT2D eigenvalue weighted by Gasteiger charge is 2.42. The van der Waals surface area contributed by atoms with Gasteiger partial charge in [-0.1, -0.05) is 16.7 Å². The fourth-order valence-corrected chi connectivity index (χ4v) is 3.71. The standard InChI is InChI=1S/C25H39N5O5/c1-15(2)12-20(31)27-10-7-8-19(24(26)34)29-25(35)23-18(28-21(32)13-16(3)4)9-11-30(23)22(33)14-17(5)6/h12-14,18-19,23H,7-11H2,1-6H3,(H2,26,34)(H,27,31)(H,28,32)(H,29,35). The highest BCUT2D eigenvalue weighted by molar-refractivity contribution is 5.97. The van der Waals surface area contributed by atoms with E-state index in [-0.39, 0.29) is 30.7 Å². The Morgan fingerprint density at radius 1 is 0.914 bits per heavy atom. The maximum absolute atomic E-state index is 13.3. The van der Waals surface area contributed by atoms with Crippen molar-refractivity contribution < 1.29 is 24.0 Å². The smallest absolute Gasteiger partial charge is 0.247 e. The number of nitrogens with one attached hydrogen (secondary N) is 3. The lowest BCUT2D eigenvalue weighted by molar-refractivity contribution is -0.137. The molecule has 0 aromatic carbocycles. The number of likely N-dealkylation sites (tertiary alicyclic amines) is 1. The molecule has 1 aliphatic rings. The average molecular weight is 490 g/mol. The summed E-state index contributed by atoms with van der Waals surface area (Å²) < 4.78 is 0. The van der Waals surface area contributed by atoms with Gasteiger partial charge in [0, 0.05) is 31.3 Å². The van der Waals surface area contributed by atoms with Crippen molar-refractivity contribution in [1.29, 1.82) is 0 Å². The molecule has 194 valence electrons. The minimum absolute atomic E-state index is 0.208. The summed E-state index contributed by atoms with van der Waals surface area (Å²) in [5.41, 5.74) is 7.94.